The first kappa shape index (κ1) is 12.9. The summed E-state index contributed by atoms with van der Waals surface area (Å²) in [5.74, 6) is 0.651. The predicted octanol–water partition coefficient (Wildman–Crippen LogP) is 2.75. The van der Waals surface area contributed by atoms with Gasteiger partial charge in [0, 0.05) is 13.2 Å². The minimum Gasteiger partial charge on any atom is -0.396 e. The second kappa shape index (κ2) is 4.61. The number of aryl methyl sites for hydroxylation is 2. The van der Waals surface area contributed by atoms with Gasteiger partial charge in [0.05, 0.1) is 16.6 Å². The van der Waals surface area contributed by atoms with Gasteiger partial charge in [0.1, 0.15) is 5.82 Å². The van der Waals surface area contributed by atoms with Crippen molar-refractivity contribution < 1.29 is 18.3 Å². The number of halogens is 3. The first-order valence-electron chi connectivity index (χ1n) is 5.58. The molecule has 0 aliphatic heterocycles. The highest BCUT2D eigenvalue weighted by atomic mass is 19.4. The van der Waals surface area contributed by atoms with Gasteiger partial charge in [0.2, 0.25) is 0 Å². The van der Waals surface area contributed by atoms with Crippen molar-refractivity contribution in [3.63, 3.8) is 0 Å². The maximum Gasteiger partial charge on any atom is 0.416 e. The molecule has 0 saturated heterocycles. The molecule has 0 unspecified atom stereocenters. The molecule has 0 radical (unpaired) electrons. The highest BCUT2D eigenvalue weighted by Crippen LogP contribution is 2.31. The Labute approximate surface area is 102 Å². The van der Waals surface area contributed by atoms with Crippen molar-refractivity contribution in [1.29, 1.82) is 0 Å². The number of benzene rings is 1. The molecule has 1 aromatic heterocycles. The van der Waals surface area contributed by atoms with E-state index in [0.29, 0.717) is 29.8 Å². The van der Waals surface area contributed by atoms with Crippen LogP contribution in [0.4, 0.5) is 13.2 Å². The molecule has 18 heavy (non-hydrogen) atoms. The quantitative estimate of drug-likeness (QED) is 0.919. The Kier molecular flexibility index (Phi) is 3.30. The molecule has 0 spiro atoms. The van der Waals surface area contributed by atoms with Crippen LogP contribution in [0.5, 0.6) is 0 Å². The number of nitrogens with zero attached hydrogens (tertiary/aromatic N) is 2. The minimum absolute atomic E-state index is 0.0414. The molecule has 3 nitrogen and oxygen atoms in total. The molecular formula is C12H13F3N2O. The summed E-state index contributed by atoms with van der Waals surface area (Å²) in [6.07, 6.45) is -3.80. The summed E-state index contributed by atoms with van der Waals surface area (Å²) < 4.78 is 39.5. The van der Waals surface area contributed by atoms with E-state index in [1.54, 1.807) is 6.92 Å². The Morgan fingerprint density at radius 3 is 2.67 bits per heavy atom. The Morgan fingerprint density at radius 2 is 2.06 bits per heavy atom. The maximum absolute atomic E-state index is 12.6. The Hall–Kier alpha value is -1.56. The Morgan fingerprint density at radius 1 is 1.33 bits per heavy atom. The third kappa shape index (κ3) is 2.33. The van der Waals surface area contributed by atoms with E-state index in [-0.39, 0.29) is 6.61 Å². The second-order valence-corrected chi connectivity index (χ2v) is 4.09. The van der Waals surface area contributed by atoms with Crippen molar-refractivity contribution in [2.75, 3.05) is 6.61 Å². The number of hydrogen-bond acceptors (Lipinski definition) is 2. The van der Waals surface area contributed by atoms with Crippen LogP contribution in [-0.2, 0) is 12.7 Å². The van der Waals surface area contributed by atoms with Gasteiger partial charge >= 0.3 is 6.18 Å². The van der Waals surface area contributed by atoms with Crippen molar-refractivity contribution in [1.82, 2.24) is 9.55 Å². The summed E-state index contributed by atoms with van der Waals surface area (Å²) in [5, 5.41) is 8.80. The molecule has 0 aliphatic carbocycles. The molecule has 1 N–H and O–H groups in total. The summed E-state index contributed by atoms with van der Waals surface area (Å²) in [6.45, 7) is 2.33. The van der Waals surface area contributed by atoms with E-state index in [2.05, 4.69) is 4.98 Å². The van der Waals surface area contributed by atoms with Gasteiger partial charge in [0.15, 0.2) is 0 Å². The molecule has 6 heteroatoms. The molecule has 0 atom stereocenters. The fourth-order valence-corrected chi connectivity index (χ4v) is 1.94. The Balaban J connectivity index is 2.48. The lowest BCUT2D eigenvalue weighted by molar-refractivity contribution is -0.137. The monoisotopic (exact) mass is 258 g/mol. The third-order valence-electron chi connectivity index (χ3n) is 2.81. The van der Waals surface area contributed by atoms with Crippen LogP contribution in [0.2, 0.25) is 0 Å². The molecule has 1 aromatic carbocycles. The topological polar surface area (TPSA) is 38.0 Å². The summed E-state index contributed by atoms with van der Waals surface area (Å²) in [7, 11) is 0. The van der Waals surface area contributed by atoms with Crippen LogP contribution in [0.3, 0.4) is 0 Å². The lowest BCUT2D eigenvalue weighted by atomic mass is 10.2. The molecule has 2 rings (SSSR count). The molecular weight excluding hydrogens is 245 g/mol. The van der Waals surface area contributed by atoms with Gasteiger partial charge in [-0.2, -0.15) is 13.2 Å². The SMILES string of the molecule is Cc1nc2cc(C(F)(F)F)ccc2n1CCCO. The standard InChI is InChI=1S/C12H13F3N2O/c1-8-16-10-7-9(12(13,14)15)3-4-11(10)17(8)5-2-6-18/h3-4,7,18H,2,5-6H2,1H3. The fourth-order valence-electron chi connectivity index (χ4n) is 1.94. The van der Waals surface area contributed by atoms with Crippen molar-refractivity contribution in [3.8, 4) is 0 Å². The number of aromatic nitrogens is 2. The minimum atomic E-state index is -4.35. The summed E-state index contributed by atoms with van der Waals surface area (Å²) in [6, 6.07) is 3.53. The van der Waals surface area contributed by atoms with E-state index in [9.17, 15) is 13.2 Å². The normalized spacial score (nSPS) is 12.3. The summed E-state index contributed by atoms with van der Waals surface area (Å²) >= 11 is 0. The van der Waals surface area contributed by atoms with Gasteiger partial charge in [-0.3, -0.25) is 0 Å². The Bertz CT molecular complexity index is 560. The van der Waals surface area contributed by atoms with Crippen molar-refractivity contribution in [3.05, 3.63) is 29.6 Å². The van der Waals surface area contributed by atoms with Crippen LogP contribution in [0, 0.1) is 6.92 Å². The maximum atomic E-state index is 12.6. The first-order valence-corrected chi connectivity index (χ1v) is 5.58. The van der Waals surface area contributed by atoms with Crippen LogP contribution in [0.15, 0.2) is 18.2 Å². The lowest BCUT2D eigenvalue weighted by Gasteiger charge is -2.07. The van der Waals surface area contributed by atoms with E-state index < -0.39 is 11.7 Å². The zero-order valence-corrected chi connectivity index (χ0v) is 9.83. The molecule has 1 heterocycles. The number of alkyl halides is 3. The van der Waals surface area contributed by atoms with Crippen LogP contribution in [0.1, 0.15) is 17.8 Å². The first-order chi connectivity index (χ1) is 8.43. The van der Waals surface area contributed by atoms with Gasteiger partial charge in [-0.25, -0.2) is 4.98 Å². The largest absolute Gasteiger partial charge is 0.416 e. The summed E-state index contributed by atoms with van der Waals surface area (Å²) in [4.78, 5) is 4.12. The molecule has 0 aliphatic rings. The van der Waals surface area contributed by atoms with E-state index in [1.807, 2.05) is 4.57 Å². The van der Waals surface area contributed by atoms with E-state index >= 15 is 0 Å². The van der Waals surface area contributed by atoms with Crippen LogP contribution >= 0.6 is 0 Å². The van der Waals surface area contributed by atoms with Gasteiger partial charge in [0.25, 0.3) is 0 Å². The molecule has 0 bridgehead atoms. The van der Waals surface area contributed by atoms with Crippen LogP contribution < -0.4 is 0 Å². The lowest BCUT2D eigenvalue weighted by Crippen LogP contribution is -2.05. The smallest absolute Gasteiger partial charge is 0.396 e. The number of fused-ring (bicyclic) bond motifs is 1. The van der Waals surface area contributed by atoms with Gasteiger partial charge in [-0.15, -0.1) is 0 Å². The van der Waals surface area contributed by atoms with Gasteiger partial charge < -0.3 is 9.67 Å². The second-order valence-electron chi connectivity index (χ2n) is 4.09. The third-order valence-corrected chi connectivity index (χ3v) is 2.81. The molecule has 98 valence electrons. The average molecular weight is 258 g/mol. The highest BCUT2D eigenvalue weighted by Gasteiger charge is 2.30. The van der Waals surface area contributed by atoms with E-state index in [4.69, 9.17) is 5.11 Å². The summed E-state index contributed by atoms with van der Waals surface area (Å²) in [5.41, 5.74) is 0.302. The predicted molar refractivity (Wildman–Crippen MR) is 61.2 cm³/mol. The van der Waals surface area contributed by atoms with Crippen molar-refractivity contribution in [2.24, 2.45) is 0 Å². The molecule has 0 fully saturated rings. The molecule has 0 amide bonds. The molecule has 2 aromatic rings. The van der Waals surface area contributed by atoms with Crippen LogP contribution in [0.25, 0.3) is 11.0 Å². The molecule has 0 saturated carbocycles. The fraction of sp³-hybridized carbons (Fsp3) is 0.417. The average Bonchev–Trinajstić information content (AvgIpc) is 2.60. The van der Waals surface area contributed by atoms with Gasteiger partial charge in [-0.05, 0) is 31.5 Å². The number of rotatable bonds is 3. The van der Waals surface area contributed by atoms with Gasteiger partial charge in [-0.1, -0.05) is 0 Å². The van der Waals surface area contributed by atoms with E-state index in [1.165, 1.54) is 6.07 Å². The number of hydrogen-bond donors (Lipinski definition) is 1. The number of aliphatic hydroxyl groups is 1. The number of aliphatic hydroxyl groups excluding tert-OH is 1. The van der Waals surface area contributed by atoms with Crippen molar-refractivity contribution >= 4 is 11.0 Å². The number of imidazole rings is 1. The zero-order chi connectivity index (χ0) is 13.3. The zero-order valence-electron chi connectivity index (χ0n) is 9.83. The highest BCUT2D eigenvalue weighted by molar-refractivity contribution is 5.77. The van der Waals surface area contributed by atoms with Crippen LogP contribution in [-0.4, -0.2) is 21.3 Å². The van der Waals surface area contributed by atoms with Crippen molar-refractivity contribution in [2.45, 2.75) is 26.1 Å². The van der Waals surface area contributed by atoms with E-state index in [0.717, 1.165) is 12.1 Å².